The Balaban J connectivity index is 2.23. The van der Waals surface area contributed by atoms with Crippen LogP contribution < -0.4 is 5.32 Å². The Hall–Kier alpha value is -1.26. The van der Waals surface area contributed by atoms with Gasteiger partial charge < -0.3 is 5.32 Å². The minimum absolute atomic E-state index is 0.890. The van der Waals surface area contributed by atoms with Gasteiger partial charge in [0.2, 0.25) is 0 Å². The average molecular weight is 303 g/mol. The highest BCUT2D eigenvalue weighted by atomic mass is 32.2. The van der Waals surface area contributed by atoms with Crippen molar-refractivity contribution >= 4 is 11.8 Å². The zero-order valence-electron chi connectivity index (χ0n) is 13.7. The van der Waals surface area contributed by atoms with E-state index in [-0.39, 0.29) is 0 Å². The first kappa shape index (κ1) is 16.1. The third kappa shape index (κ3) is 3.89. The Morgan fingerprint density at radius 3 is 2.62 bits per heavy atom. The highest BCUT2D eigenvalue weighted by Crippen LogP contribution is 2.32. The first-order chi connectivity index (χ1) is 10.0. The number of aromatic nitrogens is 2. The van der Waals surface area contributed by atoms with Crippen LogP contribution in [0.1, 0.15) is 35.7 Å². The molecule has 1 N–H and O–H groups in total. The Kier molecular flexibility index (Phi) is 5.48. The third-order valence-corrected chi connectivity index (χ3v) is 4.90. The summed E-state index contributed by atoms with van der Waals surface area (Å²) in [6.45, 7) is 10.5. The number of rotatable bonds is 6. The summed E-state index contributed by atoms with van der Waals surface area (Å²) >= 11 is 1.80. The van der Waals surface area contributed by atoms with E-state index in [1.165, 1.54) is 26.6 Å². The van der Waals surface area contributed by atoms with Crippen LogP contribution in [0.5, 0.6) is 0 Å². The minimum atomic E-state index is 0.890. The lowest BCUT2D eigenvalue weighted by atomic mass is 10.1. The van der Waals surface area contributed by atoms with Crippen molar-refractivity contribution in [3.8, 4) is 0 Å². The van der Waals surface area contributed by atoms with E-state index in [1.807, 2.05) is 11.7 Å². The van der Waals surface area contributed by atoms with Gasteiger partial charge in [-0.3, -0.25) is 4.68 Å². The first-order valence-corrected chi connectivity index (χ1v) is 8.32. The summed E-state index contributed by atoms with van der Waals surface area (Å²) in [6.07, 6.45) is 1.15. The number of benzene rings is 1. The largest absolute Gasteiger partial charge is 0.313 e. The molecule has 0 saturated heterocycles. The fraction of sp³-hybridized carbons (Fsp3) is 0.471. The number of nitrogens with zero attached hydrogens (tertiary/aromatic N) is 2. The van der Waals surface area contributed by atoms with Gasteiger partial charge in [-0.1, -0.05) is 24.8 Å². The van der Waals surface area contributed by atoms with Crippen molar-refractivity contribution in [1.29, 1.82) is 0 Å². The van der Waals surface area contributed by atoms with Gasteiger partial charge >= 0.3 is 0 Å². The summed E-state index contributed by atoms with van der Waals surface area (Å²) in [7, 11) is 2.03. The van der Waals surface area contributed by atoms with E-state index in [1.54, 1.807) is 11.8 Å². The van der Waals surface area contributed by atoms with Crippen LogP contribution in [0.4, 0.5) is 0 Å². The van der Waals surface area contributed by atoms with Crippen molar-refractivity contribution in [1.82, 2.24) is 15.1 Å². The second-order valence-corrected chi connectivity index (χ2v) is 6.58. The highest BCUT2D eigenvalue weighted by molar-refractivity contribution is 7.99. The summed E-state index contributed by atoms with van der Waals surface area (Å²) in [6, 6.07) is 6.64. The second kappa shape index (κ2) is 7.14. The standard InChI is InChI=1S/C17H25N3S/c1-6-9-18-11-16-14(4)19-20(5)17(16)21-15-8-7-12(2)13(3)10-15/h7-8,10,18H,6,9,11H2,1-5H3. The molecule has 0 atom stereocenters. The molecule has 0 spiro atoms. The van der Waals surface area contributed by atoms with Crippen LogP contribution in [-0.4, -0.2) is 16.3 Å². The molecule has 2 aromatic rings. The van der Waals surface area contributed by atoms with E-state index in [0.29, 0.717) is 0 Å². The number of hydrogen-bond acceptors (Lipinski definition) is 3. The normalized spacial score (nSPS) is 11.1. The first-order valence-electron chi connectivity index (χ1n) is 7.51. The highest BCUT2D eigenvalue weighted by Gasteiger charge is 2.14. The number of aryl methyl sites for hydroxylation is 4. The fourth-order valence-corrected chi connectivity index (χ4v) is 3.40. The second-order valence-electron chi connectivity index (χ2n) is 5.52. The fourth-order valence-electron chi connectivity index (χ4n) is 2.29. The van der Waals surface area contributed by atoms with Crippen molar-refractivity contribution < 1.29 is 0 Å². The molecule has 114 valence electrons. The maximum Gasteiger partial charge on any atom is 0.103 e. The lowest BCUT2D eigenvalue weighted by Gasteiger charge is -2.09. The number of hydrogen-bond donors (Lipinski definition) is 1. The Morgan fingerprint density at radius 1 is 1.19 bits per heavy atom. The SMILES string of the molecule is CCCNCc1c(C)nn(C)c1Sc1ccc(C)c(C)c1. The molecule has 21 heavy (non-hydrogen) atoms. The van der Waals surface area contributed by atoms with E-state index >= 15 is 0 Å². The molecule has 0 bridgehead atoms. The van der Waals surface area contributed by atoms with Crippen molar-refractivity contribution in [3.63, 3.8) is 0 Å². The molecule has 1 heterocycles. The van der Waals surface area contributed by atoms with E-state index in [9.17, 15) is 0 Å². The molecule has 0 unspecified atom stereocenters. The molecule has 0 aliphatic rings. The van der Waals surface area contributed by atoms with E-state index in [4.69, 9.17) is 0 Å². The van der Waals surface area contributed by atoms with Crippen LogP contribution in [0.15, 0.2) is 28.1 Å². The van der Waals surface area contributed by atoms with Crippen molar-refractivity contribution in [2.75, 3.05) is 6.54 Å². The lowest BCUT2D eigenvalue weighted by molar-refractivity contribution is 0.653. The van der Waals surface area contributed by atoms with Crippen LogP contribution in [0.3, 0.4) is 0 Å². The molecule has 2 rings (SSSR count). The molecule has 0 aliphatic heterocycles. The van der Waals surface area contributed by atoms with Gasteiger partial charge in [-0.15, -0.1) is 0 Å². The zero-order chi connectivity index (χ0) is 15.4. The van der Waals surface area contributed by atoms with Crippen LogP contribution in [0, 0.1) is 20.8 Å². The van der Waals surface area contributed by atoms with E-state index < -0.39 is 0 Å². The molecule has 0 radical (unpaired) electrons. The molecule has 1 aromatic heterocycles. The molecule has 1 aromatic carbocycles. The topological polar surface area (TPSA) is 29.9 Å². The molecule has 4 heteroatoms. The monoisotopic (exact) mass is 303 g/mol. The van der Waals surface area contributed by atoms with Gasteiger partial charge in [0.15, 0.2) is 0 Å². The van der Waals surface area contributed by atoms with Crippen molar-refractivity contribution in [2.24, 2.45) is 7.05 Å². The molecular formula is C17H25N3S. The molecule has 3 nitrogen and oxygen atoms in total. The van der Waals surface area contributed by atoms with Crippen LogP contribution >= 0.6 is 11.8 Å². The molecule has 0 amide bonds. The van der Waals surface area contributed by atoms with Gasteiger partial charge in [-0.05, 0) is 57.0 Å². The molecule has 0 fully saturated rings. The van der Waals surface area contributed by atoms with Gasteiger partial charge in [0.05, 0.1) is 5.69 Å². The van der Waals surface area contributed by atoms with Crippen LogP contribution in [-0.2, 0) is 13.6 Å². The van der Waals surface area contributed by atoms with E-state index in [0.717, 1.165) is 25.2 Å². The number of nitrogens with one attached hydrogen (secondary N) is 1. The summed E-state index contributed by atoms with van der Waals surface area (Å²) in [5.74, 6) is 0. The van der Waals surface area contributed by atoms with Crippen LogP contribution in [0.25, 0.3) is 0 Å². The van der Waals surface area contributed by atoms with Crippen molar-refractivity contribution in [2.45, 2.75) is 50.6 Å². The summed E-state index contributed by atoms with van der Waals surface area (Å²) < 4.78 is 2.00. The van der Waals surface area contributed by atoms with Crippen molar-refractivity contribution in [3.05, 3.63) is 40.6 Å². The Morgan fingerprint density at radius 2 is 1.95 bits per heavy atom. The van der Waals surface area contributed by atoms with Gasteiger partial charge in [-0.25, -0.2) is 0 Å². The zero-order valence-corrected chi connectivity index (χ0v) is 14.5. The predicted octanol–water partition coefficient (Wildman–Crippen LogP) is 4.00. The van der Waals surface area contributed by atoms with Crippen LogP contribution in [0.2, 0.25) is 0 Å². The lowest BCUT2D eigenvalue weighted by Crippen LogP contribution is -2.14. The van der Waals surface area contributed by atoms with Gasteiger partial charge in [0.1, 0.15) is 5.03 Å². The Bertz CT molecular complexity index is 617. The molecule has 0 saturated carbocycles. The molecule has 0 aliphatic carbocycles. The maximum atomic E-state index is 4.58. The van der Waals surface area contributed by atoms with Gasteiger partial charge in [0.25, 0.3) is 0 Å². The summed E-state index contributed by atoms with van der Waals surface area (Å²) in [4.78, 5) is 1.28. The van der Waals surface area contributed by atoms with Gasteiger partial charge in [-0.2, -0.15) is 5.10 Å². The van der Waals surface area contributed by atoms with Gasteiger partial charge in [0, 0.05) is 24.1 Å². The summed E-state index contributed by atoms with van der Waals surface area (Å²) in [5, 5.41) is 9.30. The quantitative estimate of drug-likeness (QED) is 0.818. The molecular weight excluding hydrogens is 278 g/mol. The smallest absolute Gasteiger partial charge is 0.103 e. The average Bonchev–Trinajstić information content (AvgIpc) is 2.70. The predicted molar refractivity (Wildman–Crippen MR) is 90.0 cm³/mol. The Labute approximate surface area is 132 Å². The third-order valence-electron chi connectivity index (χ3n) is 3.71. The van der Waals surface area contributed by atoms with E-state index in [2.05, 4.69) is 56.3 Å². The summed E-state index contributed by atoms with van der Waals surface area (Å²) in [5.41, 5.74) is 5.11. The minimum Gasteiger partial charge on any atom is -0.313 e. The maximum absolute atomic E-state index is 4.58.